The Bertz CT molecular complexity index is 351. The van der Waals surface area contributed by atoms with Crippen LogP contribution in [0.25, 0.3) is 0 Å². The smallest absolute Gasteiger partial charge is 0.0449 e. The minimum Gasteiger partial charge on any atom is -0.123 e. The fourth-order valence-corrected chi connectivity index (χ4v) is 3.33. The van der Waals surface area contributed by atoms with E-state index in [4.69, 9.17) is 23.2 Å². The van der Waals surface area contributed by atoms with Gasteiger partial charge < -0.3 is 0 Å². The average molecular weight is 308 g/mol. The molecule has 0 aromatic heterocycles. The number of hydrogen-bond acceptors (Lipinski definition) is 0. The van der Waals surface area contributed by atoms with E-state index in [-0.39, 0.29) is 0 Å². The van der Waals surface area contributed by atoms with Gasteiger partial charge in [0.05, 0.1) is 0 Å². The standard InChI is InChI=1S/C12H13BrCl2/c13-10-3-2-9(12(15)7-10)5-8-1-4-11(14)6-8/h2-3,7-8,11H,1,4-6H2. The Morgan fingerprint density at radius 2 is 2.13 bits per heavy atom. The van der Waals surface area contributed by atoms with Crippen molar-refractivity contribution in [3.8, 4) is 0 Å². The van der Waals surface area contributed by atoms with Crippen LogP contribution in [0.15, 0.2) is 22.7 Å². The lowest BCUT2D eigenvalue weighted by Crippen LogP contribution is -2.01. The Labute approximate surface area is 109 Å². The number of hydrogen-bond donors (Lipinski definition) is 0. The van der Waals surface area contributed by atoms with Crippen LogP contribution in [0.2, 0.25) is 5.02 Å². The van der Waals surface area contributed by atoms with Crippen molar-refractivity contribution in [2.24, 2.45) is 5.92 Å². The average Bonchev–Trinajstić information content (AvgIpc) is 2.56. The summed E-state index contributed by atoms with van der Waals surface area (Å²) >= 11 is 15.7. The van der Waals surface area contributed by atoms with E-state index in [1.807, 2.05) is 12.1 Å². The summed E-state index contributed by atoms with van der Waals surface area (Å²) in [7, 11) is 0. The molecular weight excluding hydrogens is 295 g/mol. The maximum atomic E-state index is 6.18. The monoisotopic (exact) mass is 306 g/mol. The van der Waals surface area contributed by atoms with E-state index in [1.165, 1.54) is 12.0 Å². The lowest BCUT2D eigenvalue weighted by Gasteiger charge is -2.10. The topological polar surface area (TPSA) is 0 Å². The first kappa shape index (κ1) is 11.8. The maximum absolute atomic E-state index is 6.18. The van der Waals surface area contributed by atoms with Crippen molar-refractivity contribution >= 4 is 39.1 Å². The van der Waals surface area contributed by atoms with E-state index in [9.17, 15) is 0 Å². The molecule has 1 aliphatic carbocycles. The van der Waals surface area contributed by atoms with Crippen molar-refractivity contribution in [2.75, 3.05) is 0 Å². The largest absolute Gasteiger partial charge is 0.123 e. The third-order valence-corrected chi connectivity index (χ3v) is 4.24. The summed E-state index contributed by atoms with van der Waals surface area (Å²) in [5.74, 6) is 0.714. The van der Waals surface area contributed by atoms with Crippen LogP contribution in [0.4, 0.5) is 0 Å². The summed E-state index contributed by atoms with van der Waals surface area (Å²) < 4.78 is 1.04. The van der Waals surface area contributed by atoms with Crippen LogP contribution in [0.3, 0.4) is 0 Å². The Kier molecular flexibility index (Phi) is 3.98. The van der Waals surface area contributed by atoms with Crippen LogP contribution in [0.1, 0.15) is 24.8 Å². The van der Waals surface area contributed by atoms with Gasteiger partial charge in [0.25, 0.3) is 0 Å². The van der Waals surface area contributed by atoms with Crippen LogP contribution in [0, 0.1) is 5.92 Å². The molecule has 1 fully saturated rings. The minimum atomic E-state index is 0.379. The van der Waals surface area contributed by atoms with Gasteiger partial charge in [-0.3, -0.25) is 0 Å². The SMILES string of the molecule is Clc1cc(Br)ccc1CC1CCC(Cl)C1. The van der Waals surface area contributed by atoms with E-state index >= 15 is 0 Å². The second-order valence-electron chi connectivity index (χ2n) is 4.22. The summed E-state index contributed by atoms with van der Waals surface area (Å²) in [4.78, 5) is 0. The molecule has 1 aliphatic rings. The lowest BCUT2D eigenvalue weighted by molar-refractivity contribution is 0.547. The third-order valence-electron chi connectivity index (χ3n) is 3.00. The van der Waals surface area contributed by atoms with E-state index in [2.05, 4.69) is 22.0 Å². The third kappa shape index (κ3) is 3.12. The van der Waals surface area contributed by atoms with Crippen molar-refractivity contribution in [1.82, 2.24) is 0 Å². The Morgan fingerprint density at radius 3 is 2.73 bits per heavy atom. The second kappa shape index (κ2) is 5.07. The number of benzene rings is 1. The van der Waals surface area contributed by atoms with Gasteiger partial charge in [-0.1, -0.05) is 33.6 Å². The normalized spacial score (nSPS) is 25.8. The van der Waals surface area contributed by atoms with Crippen LogP contribution in [0.5, 0.6) is 0 Å². The highest BCUT2D eigenvalue weighted by molar-refractivity contribution is 9.10. The molecule has 1 saturated carbocycles. The predicted octanol–water partition coefficient (Wildman–Crippen LogP) is 5.05. The molecule has 82 valence electrons. The van der Waals surface area contributed by atoms with Gasteiger partial charge in [-0.2, -0.15) is 0 Å². The van der Waals surface area contributed by atoms with Gasteiger partial charge in [-0.15, -0.1) is 11.6 Å². The Balaban J connectivity index is 2.04. The van der Waals surface area contributed by atoms with E-state index < -0.39 is 0 Å². The lowest BCUT2D eigenvalue weighted by atomic mass is 9.98. The quantitative estimate of drug-likeness (QED) is 0.671. The maximum Gasteiger partial charge on any atom is 0.0449 e. The molecule has 1 aromatic rings. The molecule has 0 heterocycles. The molecule has 0 spiro atoms. The molecule has 2 rings (SSSR count). The molecule has 1 aromatic carbocycles. The van der Waals surface area contributed by atoms with Crippen molar-refractivity contribution in [2.45, 2.75) is 31.1 Å². The molecule has 0 N–H and O–H groups in total. The van der Waals surface area contributed by atoms with Crippen molar-refractivity contribution in [1.29, 1.82) is 0 Å². The van der Waals surface area contributed by atoms with Gasteiger partial charge >= 0.3 is 0 Å². The predicted molar refractivity (Wildman–Crippen MR) is 69.8 cm³/mol. The first-order chi connectivity index (χ1) is 7.15. The first-order valence-electron chi connectivity index (χ1n) is 5.23. The van der Waals surface area contributed by atoms with Crippen LogP contribution >= 0.6 is 39.1 Å². The summed E-state index contributed by atoms with van der Waals surface area (Å²) in [6, 6.07) is 6.12. The molecular formula is C12H13BrCl2. The second-order valence-corrected chi connectivity index (χ2v) is 6.16. The zero-order chi connectivity index (χ0) is 10.8. The van der Waals surface area contributed by atoms with Crippen LogP contribution in [-0.4, -0.2) is 5.38 Å². The number of alkyl halides is 1. The Hall–Kier alpha value is 0.280. The summed E-state index contributed by atoms with van der Waals surface area (Å²) in [6.07, 6.45) is 4.59. The van der Waals surface area contributed by atoms with Gasteiger partial charge in [0.15, 0.2) is 0 Å². The van der Waals surface area contributed by atoms with E-state index in [0.29, 0.717) is 11.3 Å². The van der Waals surface area contributed by atoms with Crippen LogP contribution < -0.4 is 0 Å². The van der Waals surface area contributed by atoms with E-state index in [0.717, 1.165) is 28.8 Å². The highest BCUT2D eigenvalue weighted by Gasteiger charge is 2.23. The van der Waals surface area contributed by atoms with Crippen molar-refractivity contribution in [3.05, 3.63) is 33.3 Å². The molecule has 0 aliphatic heterocycles. The molecule has 0 nitrogen and oxygen atoms in total. The fourth-order valence-electron chi connectivity index (χ4n) is 2.20. The zero-order valence-electron chi connectivity index (χ0n) is 8.35. The molecule has 3 heteroatoms. The molecule has 2 atom stereocenters. The summed E-state index contributed by atoms with van der Waals surface area (Å²) in [6.45, 7) is 0. The number of halogens is 3. The molecule has 0 saturated heterocycles. The first-order valence-corrected chi connectivity index (χ1v) is 6.84. The molecule has 0 radical (unpaired) electrons. The van der Waals surface area contributed by atoms with Gasteiger partial charge in [-0.25, -0.2) is 0 Å². The summed E-state index contributed by atoms with van der Waals surface area (Å²) in [5.41, 5.74) is 1.25. The van der Waals surface area contributed by atoms with E-state index in [1.54, 1.807) is 0 Å². The highest BCUT2D eigenvalue weighted by Crippen LogP contribution is 2.33. The number of rotatable bonds is 2. The minimum absolute atomic E-state index is 0.379. The fraction of sp³-hybridized carbons (Fsp3) is 0.500. The highest BCUT2D eigenvalue weighted by atomic mass is 79.9. The zero-order valence-corrected chi connectivity index (χ0v) is 11.4. The molecule has 15 heavy (non-hydrogen) atoms. The van der Waals surface area contributed by atoms with Crippen molar-refractivity contribution < 1.29 is 0 Å². The van der Waals surface area contributed by atoms with Crippen molar-refractivity contribution in [3.63, 3.8) is 0 Å². The summed E-state index contributed by atoms with van der Waals surface area (Å²) in [5, 5.41) is 1.24. The molecule has 2 unspecified atom stereocenters. The Morgan fingerprint density at radius 1 is 1.33 bits per heavy atom. The van der Waals surface area contributed by atoms with Gasteiger partial charge in [0.1, 0.15) is 0 Å². The van der Waals surface area contributed by atoms with Gasteiger partial charge in [-0.05, 0) is 49.3 Å². The van der Waals surface area contributed by atoms with Gasteiger partial charge in [0, 0.05) is 14.9 Å². The van der Waals surface area contributed by atoms with Gasteiger partial charge in [0.2, 0.25) is 0 Å². The van der Waals surface area contributed by atoms with Crippen LogP contribution in [-0.2, 0) is 6.42 Å². The molecule has 0 bridgehead atoms. The molecule has 0 amide bonds.